The van der Waals surface area contributed by atoms with E-state index in [1.807, 2.05) is 36.4 Å². The smallest absolute Gasteiger partial charge is 0.280 e. The van der Waals surface area contributed by atoms with E-state index < -0.39 is 6.10 Å². The standard InChI is InChI=1S/C19H18Br2N2O3/c1-3-10-25-17-9-8-15(20)11-14(17)12-22-23-19(24)13(2)26-18-7-5-4-6-16(18)21/h3-9,11-13H,1,10H2,2H3,(H,23,24)/b22-12-/t13-/m0/s1. The maximum atomic E-state index is 12.2. The second-order valence-electron chi connectivity index (χ2n) is 5.21. The summed E-state index contributed by atoms with van der Waals surface area (Å²) in [5, 5.41) is 3.99. The molecule has 0 radical (unpaired) electrons. The van der Waals surface area contributed by atoms with Crippen molar-refractivity contribution < 1.29 is 14.3 Å². The summed E-state index contributed by atoms with van der Waals surface area (Å²) in [5.74, 6) is 0.871. The second kappa shape index (κ2) is 10.1. The third-order valence-electron chi connectivity index (χ3n) is 3.22. The molecule has 1 amide bonds. The SMILES string of the molecule is C=CCOc1ccc(Br)cc1/C=N\NC(=O)[C@H](C)Oc1ccccc1Br. The van der Waals surface area contributed by atoms with Gasteiger partial charge in [-0.15, -0.1) is 0 Å². The number of nitrogens with zero attached hydrogens (tertiary/aromatic N) is 1. The molecule has 2 rings (SSSR count). The van der Waals surface area contributed by atoms with Crippen molar-refractivity contribution in [1.29, 1.82) is 0 Å². The van der Waals surface area contributed by atoms with E-state index in [0.29, 0.717) is 18.1 Å². The van der Waals surface area contributed by atoms with Gasteiger partial charge in [-0.25, -0.2) is 5.43 Å². The van der Waals surface area contributed by atoms with Crippen LogP contribution in [-0.2, 0) is 4.79 Å². The Bertz CT molecular complexity index is 809. The highest BCUT2D eigenvalue weighted by Gasteiger charge is 2.15. The summed E-state index contributed by atoms with van der Waals surface area (Å²) < 4.78 is 12.9. The van der Waals surface area contributed by atoms with Crippen molar-refractivity contribution in [1.82, 2.24) is 5.43 Å². The molecule has 1 N–H and O–H groups in total. The van der Waals surface area contributed by atoms with Crippen LogP contribution in [0.3, 0.4) is 0 Å². The van der Waals surface area contributed by atoms with Gasteiger partial charge >= 0.3 is 0 Å². The van der Waals surface area contributed by atoms with Gasteiger partial charge in [0.15, 0.2) is 6.10 Å². The van der Waals surface area contributed by atoms with E-state index in [-0.39, 0.29) is 5.91 Å². The van der Waals surface area contributed by atoms with Gasteiger partial charge in [-0.3, -0.25) is 4.79 Å². The summed E-state index contributed by atoms with van der Waals surface area (Å²) in [6.45, 7) is 5.66. The minimum Gasteiger partial charge on any atom is -0.489 e. The number of hydrogen-bond acceptors (Lipinski definition) is 4. The van der Waals surface area contributed by atoms with Crippen molar-refractivity contribution in [3.8, 4) is 11.5 Å². The Kier molecular flexibility index (Phi) is 7.87. The quantitative estimate of drug-likeness (QED) is 0.338. The zero-order chi connectivity index (χ0) is 18.9. The lowest BCUT2D eigenvalue weighted by atomic mass is 10.2. The maximum Gasteiger partial charge on any atom is 0.280 e. The van der Waals surface area contributed by atoms with E-state index in [9.17, 15) is 4.79 Å². The van der Waals surface area contributed by atoms with E-state index in [2.05, 4.69) is 49.0 Å². The lowest BCUT2D eigenvalue weighted by Crippen LogP contribution is -2.33. The fourth-order valence-corrected chi connectivity index (χ4v) is 2.70. The number of ether oxygens (including phenoxy) is 2. The monoisotopic (exact) mass is 480 g/mol. The zero-order valence-electron chi connectivity index (χ0n) is 14.1. The van der Waals surface area contributed by atoms with Gasteiger partial charge in [-0.1, -0.05) is 40.7 Å². The van der Waals surface area contributed by atoms with Crippen molar-refractivity contribution in [2.45, 2.75) is 13.0 Å². The number of benzene rings is 2. The molecular weight excluding hydrogens is 464 g/mol. The maximum absolute atomic E-state index is 12.2. The first-order valence-corrected chi connectivity index (χ1v) is 9.37. The van der Waals surface area contributed by atoms with Gasteiger partial charge in [0.1, 0.15) is 18.1 Å². The Morgan fingerprint density at radius 1 is 1.27 bits per heavy atom. The van der Waals surface area contributed by atoms with E-state index in [4.69, 9.17) is 9.47 Å². The van der Waals surface area contributed by atoms with E-state index >= 15 is 0 Å². The van der Waals surface area contributed by atoms with Crippen LogP contribution in [0.25, 0.3) is 0 Å². The molecule has 2 aromatic rings. The van der Waals surface area contributed by atoms with Gasteiger partial charge in [-0.2, -0.15) is 5.10 Å². The number of hydrogen-bond donors (Lipinski definition) is 1. The lowest BCUT2D eigenvalue weighted by Gasteiger charge is -2.14. The minimum absolute atomic E-state index is 0.361. The highest BCUT2D eigenvalue weighted by atomic mass is 79.9. The first-order valence-electron chi connectivity index (χ1n) is 7.78. The normalized spacial score (nSPS) is 11.8. The molecule has 0 saturated carbocycles. The van der Waals surface area contributed by atoms with Gasteiger partial charge in [0.2, 0.25) is 0 Å². The van der Waals surface area contributed by atoms with Crippen LogP contribution in [0.15, 0.2) is 69.2 Å². The van der Waals surface area contributed by atoms with Crippen LogP contribution in [0.1, 0.15) is 12.5 Å². The highest BCUT2D eigenvalue weighted by Crippen LogP contribution is 2.25. The average Bonchev–Trinajstić information content (AvgIpc) is 2.62. The Balaban J connectivity index is 1.99. The first kappa shape index (κ1) is 20.2. The Labute approximate surface area is 169 Å². The average molecular weight is 482 g/mol. The minimum atomic E-state index is -0.704. The topological polar surface area (TPSA) is 59.9 Å². The summed E-state index contributed by atoms with van der Waals surface area (Å²) in [4.78, 5) is 12.2. The number of carbonyl (C=O) groups is 1. The molecule has 0 unspecified atom stereocenters. The van der Waals surface area contributed by atoms with Crippen molar-refractivity contribution >= 4 is 44.0 Å². The number of hydrazone groups is 1. The van der Waals surface area contributed by atoms with Crippen molar-refractivity contribution in [2.24, 2.45) is 5.10 Å². The molecule has 136 valence electrons. The molecular formula is C19H18Br2N2O3. The largest absolute Gasteiger partial charge is 0.489 e. The first-order chi connectivity index (χ1) is 12.5. The van der Waals surface area contributed by atoms with Gasteiger partial charge in [0.25, 0.3) is 5.91 Å². The molecule has 5 nitrogen and oxygen atoms in total. The summed E-state index contributed by atoms with van der Waals surface area (Å²) in [6.07, 6.45) is 2.47. The number of halogens is 2. The van der Waals surface area contributed by atoms with Crippen molar-refractivity contribution in [2.75, 3.05) is 6.61 Å². The van der Waals surface area contributed by atoms with Gasteiger partial charge in [-0.05, 0) is 53.2 Å². The number of nitrogens with one attached hydrogen (secondary N) is 1. The van der Waals surface area contributed by atoms with Crippen LogP contribution >= 0.6 is 31.9 Å². The van der Waals surface area contributed by atoms with Crippen LogP contribution in [-0.4, -0.2) is 24.8 Å². The molecule has 0 saturated heterocycles. The molecule has 26 heavy (non-hydrogen) atoms. The number of rotatable bonds is 8. The number of amides is 1. The van der Waals surface area contributed by atoms with Gasteiger partial charge < -0.3 is 9.47 Å². The molecule has 2 aromatic carbocycles. The van der Waals surface area contributed by atoms with Crippen LogP contribution in [0, 0.1) is 0 Å². The van der Waals surface area contributed by atoms with Gasteiger partial charge in [0, 0.05) is 10.0 Å². The summed E-state index contributed by atoms with van der Waals surface area (Å²) in [7, 11) is 0. The number of para-hydroxylation sites is 1. The molecule has 0 aliphatic carbocycles. The van der Waals surface area contributed by atoms with E-state index in [1.165, 1.54) is 6.21 Å². The second-order valence-corrected chi connectivity index (χ2v) is 6.98. The Hall–Kier alpha value is -2.12. The Morgan fingerprint density at radius 3 is 2.77 bits per heavy atom. The third kappa shape index (κ3) is 6.00. The summed E-state index contributed by atoms with van der Waals surface area (Å²) in [6, 6.07) is 12.8. The molecule has 0 aromatic heterocycles. The molecule has 1 atom stereocenters. The van der Waals surface area contributed by atoms with Crippen LogP contribution < -0.4 is 14.9 Å². The molecule has 7 heteroatoms. The highest BCUT2D eigenvalue weighted by molar-refractivity contribution is 9.10. The molecule has 0 fully saturated rings. The molecule has 0 bridgehead atoms. The molecule has 0 aliphatic heterocycles. The predicted octanol–water partition coefficient (Wildman–Crippen LogP) is 4.69. The van der Waals surface area contributed by atoms with Crippen LogP contribution in [0.4, 0.5) is 0 Å². The number of carbonyl (C=O) groups excluding carboxylic acids is 1. The molecule has 0 aliphatic rings. The van der Waals surface area contributed by atoms with Crippen molar-refractivity contribution in [3.63, 3.8) is 0 Å². The van der Waals surface area contributed by atoms with E-state index in [1.54, 1.807) is 19.1 Å². The van der Waals surface area contributed by atoms with Crippen molar-refractivity contribution in [3.05, 3.63) is 69.6 Å². The van der Waals surface area contributed by atoms with Crippen LogP contribution in [0.2, 0.25) is 0 Å². The molecule has 0 spiro atoms. The summed E-state index contributed by atoms with van der Waals surface area (Å²) >= 11 is 6.78. The Morgan fingerprint density at radius 2 is 2.04 bits per heavy atom. The zero-order valence-corrected chi connectivity index (χ0v) is 17.3. The fourth-order valence-electron chi connectivity index (χ4n) is 1.94. The third-order valence-corrected chi connectivity index (χ3v) is 4.36. The molecule has 0 heterocycles. The van der Waals surface area contributed by atoms with Crippen LogP contribution in [0.5, 0.6) is 11.5 Å². The summed E-state index contributed by atoms with van der Waals surface area (Å²) in [5.41, 5.74) is 3.20. The van der Waals surface area contributed by atoms with E-state index in [0.717, 1.165) is 14.5 Å². The lowest BCUT2D eigenvalue weighted by molar-refractivity contribution is -0.127. The predicted molar refractivity (Wildman–Crippen MR) is 110 cm³/mol. The fraction of sp³-hybridized carbons (Fsp3) is 0.158. The van der Waals surface area contributed by atoms with Gasteiger partial charge in [0.05, 0.1) is 10.7 Å².